The van der Waals surface area contributed by atoms with Crippen LogP contribution in [0.5, 0.6) is 0 Å². The first-order valence-corrected chi connectivity index (χ1v) is 2.14. The van der Waals surface area contributed by atoms with Crippen LogP contribution in [0.15, 0.2) is 0 Å². The summed E-state index contributed by atoms with van der Waals surface area (Å²) in [7, 11) is 0. The van der Waals surface area contributed by atoms with Crippen LogP contribution in [0.2, 0.25) is 0 Å². The van der Waals surface area contributed by atoms with Gasteiger partial charge >= 0.3 is 58.2 Å². The Morgan fingerprint density at radius 3 is 1.43 bits per heavy atom. The zero-order valence-corrected chi connectivity index (χ0v) is 10.5. The third-order valence-electron chi connectivity index (χ3n) is 0.433. The molecule has 0 aromatic rings. The zero-order valence-electron chi connectivity index (χ0n) is 5.62. The minimum atomic E-state index is -0.0139. The van der Waals surface area contributed by atoms with E-state index in [-0.39, 0.29) is 70.2 Å². The molecule has 7 heavy (non-hydrogen) atoms. The predicted octanol–water partition coefficient (Wildman–Crippen LogP) is -2.60. The summed E-state index contributed by atoms with van der Waals surface area (Å²) in [5.41, 5.74) is -0.0139. The Labute approximate surface area is 94.3 Å². The van der Waals surface area contributed by atoms with Crippen molar-refractivity contribution < 1.29 is 63.3 Å². The molecule has 2 heteroatoms. The molecule has 0 heterocycles. The van der Waals surface area contributed by atoms with Crippen molar-refractivity contribution in [3.63, 3.8) is 0 Å². The molecular formula is C5H11ORb. The molecule has 0 radical (unpaired) electrons. The van der Waals surface area contributed by atoms with Gasteiger partial charge in [0.05, 0.1) is 0 Å². The molecular weight excluding hydrogens is 162 g/mol. The fraction of sp³-hybridized carbons (Fsp3) is 1.00. The molecule has 0 atom stereocenters. The summed E-state index contributed by atoms with van der Waals surface area (Å²) in [5.74, 6) is 0. The van der Waals surface area contributed by atoms with E-state index in [4.69, 9.17) is 0 Å². The smallest absolute Gasteiger partial charge is 0.854 e. The minimum absolute atomic E-state index is 0. The molecule has 0 saturated heterocycles. The van der Waals surface area contributed by atoms with Crippen molar-refractivity contribution in [2.24, 2.45) is 5.41 Å². The van der Waals surface area contributed by atoms with Crippen molar-refractivity contribution in [1.29, 1.82) is 0 Å². The van der Waals surface area contributed by atoms with Crippen LogP contribution in [0.4, 0.5) is 0 Å². The fourth-order valence-corrected chi connectivity index (χ4v) is 0. The monoisotopic (exact) mass is 172 g/mol. The molecule has 0 unspecified atom stereocenters. The van der Waals surface area contributed by atoms with Crippen molar-refractivity contribution in [2.45, 2.75) is 20.8 Å². The Kier molecular flexibility index (Phi) is 7.63. The second kappa shape index (κ2) is 4.63. The van der Waals surface area contributed by atoms with E-state index in [1.54, 1.807) is 0 Å². The topological polar surface area (TPSA) is 23.1 Å². The second-order valence-corrected chi connectivity index (χ2v) is 2.70. The molecule has 0 aliphatic heterocycles. The molecule has 1 nitrogen and oxygen atoms in total. The fourth-order valence-electron chi connectivity index (χ4n) is 0. The van der Waals surface area contributed by atoms with E-state index < -0.39 is 0 Å². The Bertz CT molecular complexity index is 37.8. The van der Waals surface area contributed by atoms with Gasteiger partial charge in [-0.05, 0) is 0 Å². The molecule has 0 N–H and O–H groups in total. The maximum absolute atomic E-state index is 9.95. The molecule has 0 spiro atoms. The van der Waals surface area contributed by atoms with Crippen LogP contribution in [-0.4, -0.2) is 6.61 Å². The summed E-state index contributed by atoms with van der Waals surface area (Å²) in [6.45, 7) is 5.81. The molecule has 0 aromatic heterocycles. The van der Waals surface area contributed by atoms with E-state index in [1.165, 1.54) is 0 Å². The van der Waals surface area contributed by atoms with Crippen molar-refractivity contribution in [2.75, 3.05) is 6.61 Å². The van der Waals surface area contributed by atoms with E-state index in [2.05, 4.69) is 0 Å². The maximum atomic E-state index is 9.95. The van der Waals surface area contributed by atoms with E-state index in [0.717, 1.165) is 0 Å². The third-order valence-corrected chi connectivity index (χ3v) is 0.433. The van der Waals surface area contributed by atoms with Gasteiger partial charge in [0.2, 0.25) is 0 Å². The van der Waals surface area contributed by atoms with Gasteiger partial charge in [-0.1, -0.05) is 26.2 Å². The summed E-state index contributed by atoms with van der Waals surface area (Å²) < 4.78 is 0. The molecule has 0 aliphatic rings. The van der Waals surface area contributed by atoms with Crippen LogP contribution in [0.3, 0.4) is 0 Å². The van der Waals surface area contributed by atoms with Gasteiger partial charge in [0.15, 0.2) is 0 Å². The molecule has 0 bridgehead atoms. The molecule has 0 rings (SSSR count). The summed E-state index contributed by atoms with van der Waals surface area (Å²) in [5, 5.41) is 9.95. The van der Waals surface area contributed by atoms with Crippen LogP contribution >= 0.6 is 0 Å². The molecule has 0 aromatic carbocycles. The first kappa shape index (κ1) is 11.5. The molecule has 0 amide bonds. The molecule has 0 fully saturated rings. The third kappa shape index (κ3) is 11.4. The standard InChI is InChI=1S/C5H11O.Rb/c1-5(2,3)4-6;/h4H2,1-3H3;/q-1;+1. The Hall–Kier alpha value is 1.77. The summed E-state index contributed by atoms with van der Waals surface area (Å²) in [6, 6.07) is 0. The van der Waals surface area contributed by atoms with Crippen molar-refractivity contribution in [1.82, 2.24) is 0 Å². The van der Waals surface area contributed by atoms with E-state index in [1.807, 2.05) is 20.8 Å². The van der Waals surface area contributed by atoms with Crippen LogP contribution in [0, 0.1) is 5.41 Å². The van der Waals surface area contributed by atoms with Crippen molar-refractivity contribution in [3.05, 3.63) is 0 Å². The number of rotatable bonds is 0. The van der Waals surface area contributed by atoms with Gasteiger partial charge < -0.3 is 5.11 Å². The Balaban J connectivity index is 0. The summed E-state index contributed by atoms with van der Waals surface area (Å²) >= 11 is 0. The van der Waals surface area contributed by atoms with Gasteiger partial charge in [0, 0.05) is 0 Å². The van der Waals surface area contributed by atoms with Gasteiger partial charge in [-0.25, -0.2) is 0 Å². The molecule has 38 valence electrons. The van der Waals surface area contributed by atoms with E-state index >= 15 is 0 Å². The van der Waals surface area contributed by atoms with Crippen molar-refractivity contribution in [3.8, 4) is 0 Å². The first-order valence-electron chi connectivity index (χ1n) is 2.14. The van der Waals surface area contributed by atoms with E-state index in [0.29, 0.717) is 0 Å². The van der Waals surface area contributed by atoms with Crippen LogP contribution < -0.4 is 63.3 Å². The number of hydrogen-bond acceptors (Lipinski definition) is 1. The van der Waals surface area contributed by atoms with Crippen molar-refractivity contribution >= 4 is 0 Å². The van der Waals surface area contributed by atoms with Crippen LogP contribution in [0.25, 0.3) is 0 Å². The van der Waals surface area contributed by atoms with Gasteiger partial charge in [-0.2, -0.15) is 0 Å². The first-order chi connectivity index (χ1) is 2.56. The minimum Gasteiger partial charge on any atom is -0.854 e. The SMILES string of the molecule is CC(C)(C)C[O-].[Rb+]. The van der Waals surface area contributed by atoms with Gasteiger partial charge in [0.25, 0.3) is 0 Å². The maximum Gasteiger partial charge on any atom is 1.00 e. The zero-order chi connectivity index (χ0) is 5.21. The largest absolute Gasteiger partial charge is 1.00 e. The summed E-state index contributed by atoms with van der Waals surface area (Å²) in [4.78, 5) is 0. The normalized spacial score (nSPS) is 10.3. The quantitative estimate of drug-likeness (QED) is 0.393. The number of hydrogen-bond donors (Lipinski definition) is 0. The van der Waals surface area contributed by atoms with Crippen LogP contribution in [-0.2, 0) is 0 Å². The molecule has 0 aliphatic carbocycles. The second-order valence-electron chi connectivity index (χ2n) is 2.70. The van der Waals surface area contributed by atoms with Gasteiger partial charge in [-0.3, -0.25) is 0 Å². The van der Waals surface area contributed by atoms with Gasteiger partial charge in [0.1, 0.15) is 0 Å². The van der Waals surface area contributed by atoms with Gasteiger partial charge in [-0.15, -0.1) is 6.61 Å². The summed E-state index contributed by atoms with van der Waals surface area (Å²) in [6.07, 6.45) is 0. The molecule has 0 saturated carbocycles. The Morgan fingerprint density at radius 1 is 1.29 bits per heavy atom. The van der Waals surface area contributed by atoms with E-state index in [9.17, 15) is 5.11 Å². The Morgan fingerprint density at radius 2 is 1.43 bits per heavy atom. The average Bonchev–Trinajstić information content (AvgIpc) is 1.35. The predicted molar refractivity (Wildman–Crippen MR) is 24.3 cm³/mol. The van der Waals surface area contributed by atoms with Crippen LogP contribution in [0.1, 0.15) is 20.8 Å². The average molecular weight is 173 g/mol.